The number of amides is 1. The summed E-state index contributed by atoms with van der Waals surface area (Å²) in [5.41, 5.74) is 2.66. The quantitative estimate of drug-likeness (QED) is 0.574. The van der Waals surface area contributed by atoms with Gasteiger partial charge in [-0.05, 0) is 42.5 Å². The first-order valence-electron chi connectivity index (χ1n) is 11.2. The molecule has 0 unspecified atom stereocenters. The summed E-state index contributed by atoms with van der Waals surface area (Å²) in [6, 6.07) is 19.7. The Kier molecular flexibility index (Phi) is 8.97. The molecule has 0 radical (unpaired) electrons. The number of nitriles is 1. The Balaban J connectivity index is 1.44. The molecule has 1 N–H and O–H groups in total. The molecule has 1 fully saturated rings. The van der Waals surface area contributed by atoms with Gasteiger partial charge in [0.1, 0.15) is 5.78 Å². The Morgan fingerprint density at radius 1 is 1.16 bits per heavy atom. The van der Waals surface area contributed by atoms with E-state index >= 15 is 0 Å². The molecule has 3 rings (SSSR count). The Morgan fingerprint density at radius 2 is 1.91 bits per heavy atom. The number of likely N-dealkylation sites (tertiary alicyclic amines) is 1. The zero-order valence-corrected chi connectivity index (χ0v) is 18.6. The fraction of sp³-hybridized carbons (Fsp3) is 0.423. The van der Waals surface area contributed by atoms with Crippen LogP contribution in [0.25, 0.3) is 0 Å². The number of anilines is 1. The van der Waals surface area contributed by atoms with Crippen LogP contribution in [0.2, 0.25) is 0 Å². The first-order valence-corrected chi connectivity index (χ1v) is 11.2. The van der Waals surface area contributed by atoms with E-state index in [9.17, 15) is 14.9 Å². The highest BCUT2D eigenvalue weighted by Crippen LogP contribution is 2.26. The van der Waals surface area contributed by atoms with E-state index < -0.39 is 0 Å². The molecule has 1 aliphatic heterocycles. The lowest BCUT2D eigenvalue weighted by atomic mass is 9.86. The number of benzene rings is 2. The van der Waals surface area contributed by atoms with Gasteiger partial charge in [0, 0.05) is 32.0 Å². The molecule has 0 spiro atoms. The lowest BCUT2D eigenvalue weighted by Crippen LogP contribution is -2.43. The third-order valence-electron chi connectivity index (χ3n) is 5.84. The number of ketones is 1. The first-order chi connectivity index (χ1) is 15.5. The van der Waals surface area contributed by atoms with Crippen molar-refractivity contribution >= 4 is 17.4 Å². The molecule has 0 bridgehead atoms. The molecule has 2 aromatic rings. The van der Waals surface area contributed by atoms with E-state index in [0.717, 1.165) is 30.6 Å². The number of hydrogen-bond acceptors (Lipinski definition) is 5. The minimum absolute atomic E-state index is 0.143. The van der Waals surface area contributed by atoms with Gasteiger partial charge in [-0.2, -0.15) is 5.26 Å². The summed E-state index contributed by atoms with van der Waals surface area (Å²) in [5.74, 6) is 0.201. The van der Waals surface area contributed by atoms with Gasteiger partial charge in [-0.25, -0.2) is 0 Å². The monoisotopic (exact) mass is 433 g/mol. The maximum atomic E-state index is 12.7. The maximum absolute atomic E-state index is 12.7. The van der Waals surface area contributed by atoms with Gasteiger partial charge in [0.25, 0.3) is 0 Å². The molecule has 1 saturated heterocycles. The number of carbonyl (C=O) groups is 2. The van der Waals surface area contributed by atoms with Crippen LogP contribution in [0.1, 0.15) is 37.3 Å². The number of piperidine rings is 1. The SMILES string of the molecule is CC(=O)Nc1ccccc1CC(=O)C[C@@H]1CCN(CCOCc2ccccc2)[C@@H](C#N)C1. The highest BCUT2D eigenvalue weighted by Gasteiger charge is 2.29. The maximum Gasteiger partial charge on any atom is 0.221 e. The van der Waals surface area contributed by atoms with Crippen LogP contribution >= 0.6 is 0 Å². The van der Waals surface area contributed by atoms with Gasteiger partial charge in [-0.1, -0.05) is 48.5 Å². The van der Waals surface area contributed by atoms with Crippen LogP contribution in [0.3, 0.4) is 0 Å². The third-order valence-corrected chi connectivity index (χ3v) is 5.84. The summed E-state index contributed by atoms with van der Waals surface area (Å²) >= 11 is 0. The number of carbonyl (C=O) groups excluding carboxylic acids is 2. The van der Waals surface area contributed by atoms with Crippen molar-refractivity contribution in [2.24, 2.45) is 5.92 Å². The molecule has 6 nitrogen and oxygen atoms in total. The van der Waals surface area contributed by atoms with Crippen LogP contribution in [-0.2, 0) is 27.4 Å². The number of hydrogen-bond donors (Lipinski definition) is 1. The van der Waals surface area contributed by atoms with Crippen molar-refractivity contribution in [3.63, 3.8) is 0 Å². The highest BCUT2D eigenvalue weighted by atomic mass is 16.5. The van der Waals surface area contributed by atoms with Gasteiger partial charge >= 0.3 is 0 Å². The van der Waals surface area contributed by atoms with E-state index in [-0.39, 0.29) is 23.7 Å². The minimum atomic E-state index is -0.187. The van der Waals surface area contributed by atoms with Crippen molar-refractivity contribution in [1.82, 2.24) is 4.90 Å². The van der Waals surface area contributed by atoms with Gasteiger partial charge in [-0.3, -0.25) is 14.5 Å². The third kappa shape index (κ3) is 7.30. The first kappa shape index (κ1) is 23.6. The molecular formula is C26H31N3O3. The van der Waals surface area contributed by atoms with E-state index in [1.165, 1.54) is 6.92 Å². The van der Waals surface area contributed by atoms with Crippen LogP contribution in [-0.4, -0.2) is 42.3 Å². The molecule has 2 atom stereocenters. The van der Waals surface area contributed by atoms with Crippen LogP contribution in [0.15, 0.2) is 54.6 Å². The summed E-state index contributed by atoms with van der Waals surface area (Å²) in [6.07, 6.45) is 2.36. The Morgan fingerprint density at radius 3 is 2.66 bits per heavy atom. The van der Waals surface area contributed by atoms with E-state index in [0.29, 0.717) is 38.2 Å². The lowest BCUT2D eigenvalue weighted by Gasteiger charge is -2.35. The van der Waals surface area contributed by atoms with Gasteiger partial charge in [-0.15, -0.1) is 0 Å². The summed E-state index contributed by atoms with van der Waals surface area (Å²) in [5, 5.41) is 12.4. The van der Waals surface area contributed by atoms with E-state index in [2.05, 4.69) is 16.3 Å². The van der Waals surface area contributed by atoms with Crippen molar-refractivity contribution in [3.8, 4) is 6.07 Å². The Hall–Kier alpha value is -3.01. The number of nitrogens with zero attached hydrogens (tertiary/aromatic N) is 2. The van der Waals surface area contributed by atoms with Crippen molar-refractivity contribution < 1.29 is 14.3 Å². The molecule has 0 saturated carbocycles. The number of nitrogens with one attached hydrogen (secondary N) is 1. The molecule has 1 heterocycles. The van der Waals surface area contributed by atoms with Crippen molar-refractivity contribution in [2.45, 2.75) is 45.3 Å². The highest BCUT2D eigenvalue weighted by molar-refractivity contribution is 5.91. The fourth-order valence-corrected chi connectivity index (χ4v) is 4.21. The van der Waals surface area contributed by atoms with E-state index in [1.807, 2.05) is 54.6 Å². The lowest BCUT2D eigenvalue weighted by molar-refractivity contribution is -0.120. The van der Waals surface area contributed by atoms with Gasteiger partial charge in [0.15, 0.2) is 0 Å². The Bertz CT molecular complexity index is 939. The summed E-state index contributed by atoms with van der Waals surface area (Å²) in [4.78, 5) is 26.3. The topological polar surface area (TPSA) is 82.4 Å². The number of ether oxygens (including phenoxy) is 1. The largest absolute Gasteiger partial charge is 0.375 e. The zero-order valence-electron chi connectivity index (χ0n) is 18.6. The van der Waals surface area contributed by atoms with Gasteiger partial charge in [0.05, 0.1) is 25.3 Å². The molecule has 32 heavy (non-hydrogen) atoms. The number of Topliss-reactive ketones (excluding diaryl/α,β-unsaturated/α-hetero) is 1. The van der Waals surface area contributed by atoms with Crippen LogP contribution < -0.4 is 5.32 Å². The van der Waals surface area contributed by atoms with Crippen LogP contribution in [0.4, 0.5) is 5.69 Å². The smallest absolute Gasteiger partial charge is 0.221 e. The molecule has 0 aliphatic carbocycles. The fourth-order valence-electron chi connectivity index (χ4n) is 4.21. The predicted molar refractivity (Wildman–Crippen MR) is 124 cm³/mol. The second kappa shape index (κ2) is 12.1. The standard InChI is InChI=1S/C26H31N3O3/c1-20(30)28-26-10-6-5-9-23(26)17-25(31)16-22-11-12-29(24(15-22)18-27)13-14-32-19-21-7-3-2-4-8-21/h2-10,22,24H,11-17,19H2,1H3,(H,28,30)/t22-,24-/m1/s1. The van der Waals surface area contributed by atoms with Crippen LogP contribution in [0.5, 0.6) is 0 Å². The second-order valence-corrected chi connectivity index (χ2v) is 8.37. The minimum Gasteiger partial charge on any atom is -0.375 e. The van der Waals surface area contributed by atoms with Gasteiger partial charge in [0.2, 0.25) is 5.91 Å². The molecule has 2 aromatic carbocycles. The van der Waals surface area contributed by atoms with E-state index in [1.54, 1.807) is 0 Å². The zero-order chi connectivity index (χ0) is 22.8. The molecule has 1 amide bonds. The second-order valence-electron chi connectivity index (χ2n) is 8.37. The number of para-hydroxylation sites is 1. The summed E-state index contributed by atoms with van der Waals surface area (Å²) in [6.45, 7) is 4.13. The summed E-state index contributed by atoms with van der Waals surface area (Å²) < 4.78 is 5.78. The molecule has 0 aromatic heterocycles. The molecule has 168 valence electrons. The summed E-state index contributed by atoms with van der Waals surface area (Å²) in [7, 11) is 0. The van der Waals surface area contributed by atoms with Crippen molar-refractivity contribution in [3.05, 3.63) is 65.7 Å². The molecular weight excluding hydrogens is 402 g/mol. The van der Waals surface area contributed by atoms with Crippen LogP contribution in [0, 0.1) is 17.2 Å². The molecule has 1 aliphatic rings. The van der Waals surface area contributed by atoms with E-state index in [4.69, 9.17) is 4.74 Å². The average Bonchev–Trinajstić information content (AvgIpc) is 2.79. The normalized spacial score (nSPS) is 18.6. The van der Waals surface area contributed by atoms with Crippen molar-refractivity contribution in [1.29, 1.82) is 5.26 Å². The molecule has 6 heteroatoms. The Labute approximate surface area is 190 Å². The van der Waals surface area contributed by atoms with Crippen molar-refractivity contribution in [2.75, 3.05) is 25.0 Å². The predicted octanol–water partition coefficient (Wildman–Crippen LogP) is 3.97. The van der Waals surface area contributed by atoms with Gasteiger partial charge < -0.3 is 10.1 Å². The number of rotatable bonds is 10. The average molecular weight is 434 g/mol.